The van der Waals surface area contributed by atoms with Crippen LogP contribution in [0.3, 0.4) is 0 Å². The molecule has 2 aromatic rings. The standard InChI is InChI=1S/C21H25N3O5S/c1-28-17-12-15(13-18(14-17)29-2)21(25)23-16-7-9-19(10-8-16)30(26,27)24-20-6-4-3-5-11-22-20/h7-10,12-14H,3-6,11H2,1-2H3,(H,22,24)(H,23,25). The summed E-state index contributed by atoms with van der Waals surface area (Å²) in [6.07, 6.45) is 3.56. The van der Waals surface area contributed by atoms with Crippen molar-refractivity contribution in [2.45, 2.75) is 30.6 Å². The van der Waals surface area contributed by atoms with Gasteiger partial charge in [-0.1, -0.05) is 6.42 Å². The van der Waals surface area contributed by atoms with Crippen LogP contribution in [0.5, 0.6) is 11.5 Å². The molecule has 0 unspecified atom stereocenters. The first kappa shape index (κ1) is 21.6. The van der Waals surface area contributed by atoms with Crippen molar-refractivity contribution >= 4 is 27.5 Å². The highest BCUT2D eigenvalue weighted by atomic mass is 32.2. The molecule has 160 valence electrons. The molecule has 3 rings (SSSR count). The molecule has 0 atom stereocenters. The Morgan fingerprint density at radius 3 is 2.27 bits per heavy atom. The molecule has 0 saturated heterocycles. The summed E-state index contributed by atoms with van der Waals surface area (Å²) in [5, 5.41) is 2.74. The average molecular weight is 432 g/mol. The van der Waals surface area contributed by atoms with Crippen LogP contribution < -0.4 is 19.5 Å². The maximum atomic E-state index is 12.6. The molecule has 1 heterocycles. The lowest BCUT2D eigenvalue weighted by Gasteiger charge is -2.11. The minimum absolute atomic E-state index is 0.107. The third-order valence-electron chi connectivity index (χ3n) is 4.66. The predicted molar refractivity (Wildman–Crippen MR) is 115 cm³/mol. The number of ether oxygens (including phenoxy) is 2. The normalized spacial score (nSPS) is 14.3. The fourth-order valence-corrected chi connectivity index (χ4v) is 4.12. The van der Waals surface area contributed by atoms with E-state index in [9.17, 15) is 13.2 Å². The van der Waals surface area contributed by atoms with Crippen molar-refractivity contribution in [1.82, 2.24) is 4.72 Å². The van der Waals surface area contributed by atoms with Gasteiger partial charge in [0.25, 0.3) is 15.9 Å². The molecule has 0 spiro atoms. The van der Waals surface area contributed by atoms with Crippen molar-refractivity contribution in [3.63, 3.8) is 0 Å². The van der Waals surface area contributed by atoms with E-state index in [1.54, 1.807) is 30.3 Å². The summed E-state index contributed by atoms with van der Waals surface area (Å²) in [6.45, 7) is 0.637. The van der Waals surface area contributed by atoms with E-state index >= 15 is 0 Å². The molecule has 30 heavy (non-hydrogen) atoms. The van der Waals surface area contributed by atoms with E-state index in [1.165, 1.54) is 26.4 Å². The quantitative estimate of drug-likeness (QED) is 0.731. The van der Waals surface area contributed by atoms with E-state index < -0.39 is 10.0 Å². The van der Waals surface area contributed by atoms with E-state index in [4.69, 9.17) is 9.47 Å². The van der Waals surface area contributed by atoms with Gasteiger partial charge in [0.2, 0.25) is 0 Å². The number of nitrogens with zero attached hydrogens (tertiary/aromatic N) is 1. The van der Waals surface area contributed by atoms with Crippen molar-refractivity contribution in [2.24, 2.45) is 4.99 Å². The number of benzene rings is 2. The molecule has 8 nitrogen and oxygen atoms in total. The van der Waals surface area contributed by atoms with Crippen molar-refractivity contribution in [3.05, 3.63) is 48.0 Å². The van der Waals surface area contributed by atoms with Crippen LogP contribution in [0.15, 0.2) is 52.4 Å². The molecule has 0 aliphatic carbocycles. The molecule has 1 aliphatic heterocycles. The number of amides is 1. The summed E-state index contributed by atoms with van der Waals surface area (Å²) in [6, 6.07) is 10.8. The Hall–Kier alpha value is -3.07. The zero-order valence-electron chi connectivity index (χ0n) is 17.0. The SMILES string of the molecule is COc1cc(OC)cc(C(=O)Nc2ccc(S(=O)(=O)NC3=NCCCCC3)cc2)c1. The Morgan fingerprint density at radius 2 is 1.63 bits per heavy atom. The molecule has 1 amide bonds. The number of methoxy groups -OCH3 is 2. The van der Waals surface area contributed by atoms with Gasteiger partial charge in [-0.3, -0.25) is 14.5 Å². The summed E-state index contributed by atoms with van der Waals surface area (Å²) >= 11 is 0. The van der Waals surface area contributed by atoms with Crippen LogP contribution in [0.4, 0.5) is 5.69 Å². The topological polar surface area (TPSA) is 106 Å². The number of hydrogen-bond acceptors (Lipinski definition) is 6. The van der Waals surface area contributed by atoms with Crippen molar-refractivity contribution in [3.8, 4) is 11.5 Å². The first-order chi connectivity index (χ1) is 14.4. The molecule has 2 aromatic carbocycles. The van der Waals surface area contributed by atoms with Gasteiger partial charge in [0, 0.05) is 30.3 Å². The maximum absolute atomic E-state index is 12.6. The molecule has 1 aliphatic rings. The highest BCUT2D eigenvalue weighted by Crippen LogP contribution is 2.23. The van der Waals surface area contributed by atoms with Crippen LogP contribution >= 0.6 is 0 Å². The van der Waals surface area contributed by atoms with Crippen LogP contribution in [0.2, 0.25) is 0 Å². The molecule has 0 saturated carbocycles. The Morgan fingerprint density at radius 1 is 0.967 bits per heavy atom. The third-order valence-corrected chi connectivity index (χ3v) is 6.06. The first-order valence-electron chi connectivity index (χ1n) is 9.62. The highest BCUT2D eigenvalue weighted by molar-refractivity contribution is 7.90. The third kappa shape index (κ3) is 5.50. The second-order valence-electron chi connectivity index (χ2n) is 6.82. The molecule has 2 N–H and O–H groups in total. The monoisotopic (exact) mass is 431 g/mol. The minimum atomic E-state index is -3.72. The Labute approximate surface area is 176 Å². The maximum Gasteiger partial charge on any atom is 0.262 e. The van der Waals surface area contributed by atoms with E-state index in [0.29, 0.717) is 41.6 Å². The fraction of sp³-hybridized carbons (Fsp3) is 0.333. The largest absolute Gasteiger partial charge is 0.497 e. The second-order valence-corrected chi connectivity index (χ2v) is 8.51. The van der Waals surface area contributed by atoms with Crippen LogP contribution in [0, 0.1) is 0 Å². The lowest BCUT2D eigenvalue weighted by molar-refractivity contribution is 0.102. The molecular weight excluding hydrogens is 406 g/mol. The first-order valence-corrected chi connectivity index (χ1v) is 11.1. The lowest BCUT2D eigenvalue weighted by Crippen LogP contribution is -2.30. The number of rotatable bonds is 6. The number of nitrogens with one attached hydrogen (secondary N) is 2. The minimum Gasteiger partial charge on any atom is -0.497 e. The predicted octanol–water partition coefficient (Wildman–Crippen LogP) is 3.21. The Balaban J connectivity index is 1.71. The van der Waals surface area contributed by atoms with Crippen LogP contribution in [-0.4, -0.2) is 40.9 Å². The van der Waals surface area contributed by atoms with E-state index in [0.717, 1.165) is 19.3 Å². The second kappa shape index (κ2) is 9.62. The molecule has 9 heteroatoms. The summed E-state index contributed by atoms with van der Waals surface area (Å²) in [7, 11) is -0.710. The van der Waals surface area contributed by atoms with Crippen molar-refractivity contribution < 1.29 is 22.7 Å². The zero-order valence-corrected chi connectivity index (χ0v) is 17.8. The Kier molecular flexibility index (Phi) is 6.94. The van der Waals surface area contributed by atoms with Gasteiger partial charge in [0.15, 0.2) is 0 Å². The van der Waals surface area contributed by atoms with Gasteiger partial charge >= 0.3 is 0 Å². The molecule has 0 aromatic heterocycles. The fourth-order valence-electron chi connectivity index (χ4n) is 3.03. The smallest absolute Gasteiger partial charge is 0.262 e. The molecule has 0 fully saturated rings. The van der Waals surface area contributed by atoms with Gasteiger partial charge in [0.1, 0.15) is 17.3 Å². The molecule has 0 bridgehead atoms. The average Bonchev–Trinajstić information content (AvgIpc) is 3.01. The summed E-state index contributed by atoms with van der Waals surface area (Å²) < 4.78 is 38.1. The summed E-state index contributed by atoms with van der Waals surface area (Å²) in [5.74, 6) is 1.12. The van der Waals surface area contributed by atoms with Crippen LogP contribution in [0.25, 0.3) is 0 Å². The van der Waals surface area contributed by atoms with Crippen molar-refractivity contribution in [1.29, 1.82) is 0 Å². The number of anilines is 1. The van der Waals surface area contributed by atoms with Gasteiger partial charge in [-0.25, -0.2) is 8.42 Å². The van der Waals surface area contributed by atoms with Gasteiger partial charge in [-0.2, -0.15) is 0 Å². The van der Waals surface area contributed by atoms with Crippen LogP contribution in [0.1, 0.15) is 36.0 Å². The summed E-state index contributed by atoms with van der Waals surface area (Å²) in [5.41, 5.74) is 0.823. The van der Waals surface area contributed by atoms with Gasteiger partial charge in [-0.15, -0.1) is 0 Å². The van der Waals surface area contributed by atoms with Gasteiger partial charge < -0.3 is 14.8 Å². The Bertz CT molecular complexity index is 1010. The molecule has 0 radical (unpaired) electrons. The number of carbonyl (C=O) groups excluding carboxylic acids is 1. The number of carbonyl (C=O) groups is 1. The molecular formula is C21H25N3O5S. The van der Waals surface area contributed by atoms with Gasteiger partial charge in [-0.05, 0) is 49.2 Å². The van der Waals surface area contributed by atoms with E-state index in [2.05, 4.69) is 15.0 Å². The summed E-state index contributed by atoms with van der Waals surface area (Å²) in [4.78, 5) is 17.0. The number of hydrogen-bond donors (Lipinski definition) is 2. The van der Waals surface area contributed by atoms with Crippen LogP contribution in [-0.2, 0) is 10.0 Å². The number of aliphatic imine (C=N–C) groups is 1. The van der Waals surface area contributed by atoms with Gasteiger partial charge in [0.05, 0.1) is 19.1 Å². The van der Waals surface area contributed by atoms with E-state index in [-0.39, 0.29) is 10.8 Å². The van der Waals surface area contributed by atoms with Crippen molar-refractivity contribution in [2.75, 3.05) is 26.1 Å². The highest BCUT2D eigenvalue weighted by Gasteiger charge is 2.17. The lowest BCUT2D eigenvalue weighted by atomic mass is 10.2. The van der Waals surface area contributed by atoms with E-state index in [1.807, 2.05) is 0 Å². The number of amidine groups is 1. The number of sulfonamides is 1. The zero-order chi connectivity index (χ0) is 21.6.